The summed E-state index contributed by atoms with van der Waals surface area (Å²) in [7, 11) is 0. The largest absolute Gasteiger partial charge is 0.384 e. The number of hydrogen-bond donors (Lipinski definition) is 2. The minimum atomic E-state index is -0.343. The minimum Gasteiger partial charge on any atom is -0.384 e. The van der Waals surface area contributed by atoms with Crippen molar-refractivity contribution < 1.29 is 4.39 Å². The van der Waals surface area contributed by atoms with Gasteiger partial charge in [0.2, 0.25) is 0 Å². The second kappa shape index (κ2) is 5.48. The van der Waals surface area contributed by atoms with E-state index in [2.05, 4.69) is 11.8 Å². The predicted molar refractivity (Wildman–Crippen MR) is 71.1 cm³/mol. The quantitative estimate of drug-likeness (QED) is 0.635. The van der Waals surface area contributed by atoms with E-state index in [1.165, 1.54) is 12.8 Å². The average Bonchev–Trinajstić information content (AvgIpc) is 2.79. The Kier molecular flexibility index (Phi) is 3.97. The van der Waals surface area contributed by atoms with Crippen LogP contribution in [0.3, 0.4) is 0 Å². The lowest BCUT2D eigenvalue weighted by molar-refractivity contribution is 0.310. The average molecular weight is 249 g/mol. The standard InChI is InChI=1S/C14H20FN3/c1-2-10-6-7-18(8-10)9-11-4-3-5-12(13(11)15)14(16)17/h3-5,10H,2,6-9H2,1H3,(H3,16,17). The topological polar surface area (TPSA) is 53.1 Å². The maximum atomic E-state index is 14.1. The van der Waals surface area contributed by atoms with Crippen molar-refractivity contribution in [3.05, 3.63) is 35.1 Å². The minimum absolute atomic E-state index is 0.206. The summed E-state index contributed by atoms with van der Waals surface area (Å²) >= 11 is 0. The smallest absolute Gasteiger partial charge is 0.138 e. The Balaban J connectivity index is 2.10. The van der Waals surface area contributed by atoms with Crippen LogP contribution < -0.4 is 5.73 Å². The molecule has 18 heavy (non-hydrogen) atoms. The van der Waals surface area contributed by atoms with Crippen LogP contribution in [0.1, 0.15) is 30.9 Å². The number of nitrogens with two attached hydrogens (primary N) is 1. The summed E-state index contributed by atoms with van der Waals surface area (Å²) in [5.74, 6) is 0.191. The van der Waals surface area contributed by atoms with Crippen molar-refractivity contribution in [1.29, 1.82) is 5.41 Å². The molecule has 0 aromatic heterocycles. The molecule has 0 saturated carbocycles. The zero-order chi connectivity index (χ0) is 13.1. The molecule has 3 N–H and O–H groups in total. The van der Waals surface area contributed by atoms with Crippen LogP contribution in [0.5, 0.6) is 0 Å². The first-order chi connectivity index (χ1) is 8.61. The van der Waals surface area contributed by atoms with E-state index < -0.39 is 0 Å². The Labute approximate surface area is 107 Å². The van der Waals surface area contributed by atoms with Crippen molar-refractivity contribution in [2.75, 3.05) is 13.1 Å². The van der Waals surface area contributed by atoms with Crippen LogP contribution in [0, 0.1) is 17.1 Å². The number of benzene rings is 1. The van der Waals surface area contributed by atoms with E-state index in [1.807, 2.05) is 0 Å². The molecule has 1 aromatic carbocycles. The van der Waals surface area contributed by atoms with E-state index in [0.29, 0.717) is 12.1 Å². The van der Waals surface area contributed by atoms with Gasteiger partial charge < -0.3 is 5.73 Å². The van der Waals surface area contributed by atoms with Gasteiger partial charge in [-0.15, -0.1) is 0 Å². The molecule has 0 amide bonds. The Bertz CT molecular complexity index is 445. The molecule has 1 unspecified atom stereocenters. The summed E-state index contributed by atoms with van der Waals surface area (Å²) in [5, 5.41) is 7.34. The fraction of sp³-hybridized carbons (Fsp3) is 0.500. The van der Waals surface area contributed by atoms with Crippen molar-refractivity contribution in [1.82, 2.24) is 4.90 Å². The first-order valence-electron chi connectivity index (χ1n) is 6.46. The number of amidine groups is 1. The van der Waals surface area contributed by atoms with E-state index in [9.17, 15) is 4.39 Å². The van der Waals surface area contributed by atoms with Gasteiger partial charge in [0, 0.05) is 18.7 Å². The molecule has 0 aliphatic carbocycles. The van der Waals surface area contributed by atoms with Crippen molar-refractivity contribution in [2.24, 2.45) is 11.7 Å². The first-order valence-corrected chi connectivity index (χ1v) is 6.46. The predicted octanol–water partition coefficient (Wildman–Crippen LogP) is 2.34. The van der Waals surface area contributed by atoms with Crippen LogP contribution in [0.4, 0.5) is 4.39 Å². The summed E-state index contributed by atoms with van der Waals surface area (Å²) in [6.07, 6.45) is 2.39. The van der Waals surface area contributed by atoms with Crippen LogP contribution in [0.2, 0.25) is 0 Å². The van der Waals surface area contributed by atoms with Gasteiger partial charge in [-0.05, 0) is 24.9 Å². The summed E-state index contributed by atoms with van der Waals surface area (Å²) < 4.78 is 14.1. The van der Waals surface area contributed by atoms with Crippen molar-refractivity contribution >= 4 is 5.84 Å². The molecule has 0 spiro atoms. The van der Waals surface area contributed by atoms with Crippen LogP contribution in [-0.4, -0.2) is 23.8 Å². The van der Waals surface area contributed by atoms with Crippen LogP contribution >= 0.6 is 0 Å². The monoisotopic (exact) mass is 249 g/mol. The normalized spacial score (nSPS) is 20.2. The number of rotatable bonds is 4. The highest BCUT2D eigenvalue weighted by Gasteiger charge is 2.22. The maximum Gasteiger partial charge on any atom is 0.138 e. The molecule has 4 heteroatoms. The Morgan fingerprint density at radius 2 is 2.33 bits per heavy atom. The highest BCUT2D eigenvalue weighted by atomic mass is 19.1. The lowest BCUT2D eigenvalue weighted by atomic mass is 10.1. The molecule has 0 radical (unpaired) electrons. The van der Waals surface area contributed by atoms with Gasteiger partial charge >= 0.3 is 0 Å². The SMILES string of the molecule is CCC1CCN(Cc2cccc(C(=N)N)c2F)C1. The lowest BCUT2D eigenvalue weighted by Crippen LogP contribution is -2.22. The Hall–Kier alpha value is -1.42. The second-order valence-electron chi connectivity index (χ2n) is 4.99. The molecule has 0 bridgehead atoms. The highest BCUT2D eigenvalue weighted by Crippen LogP contribution is 2.22. The van der Waals surface area contributed by atoms with E-state index >= 15 is 0 Å². The number of nitrogens with zero attached hydrogens (tertiary/aromatic N) is 1. The van der Waals surface area contributed by atoms with Gasteiger partial charge in [-0.2, -0.15) is 0 Å². The van der Waals surface area contributed by atoms with Crippen molar-refractivity contribution in [2.45, 2.75) is 26.3 Å². The number of halogens is 1. The van der Waals surface area contributed by atoms with Gasteiger partial charge in [-0.1, -0.05) is 25.5 Å². The number of likely N-dealkylation sites (tertiary alicyclic amines) is 1. The third-order valence-electron chi connectivity index (χ3n) is 3.71. The Morgan fingerprint density at radius 3 is 2.94 bits per heavy atom. The molecule has 1 saturated heterocycles. The molecule has 1 heterocycles. The molecule has 1 aromatic rings. The van der Waals surface area contributed by atoms with Gasteiger partial charge in [0.15, 0.2) is 0 Å². The van der Waals surface area contributed by atoms with Gasteiger partial charge in [0.05, 0.1) is 5.56 Å². The lowest BCUT2D eigenvalue weighted by Gasteiger charge is -2.17. The number of nitrogens with one attached hydrogen (secondary N) is 1. The highest BCUT2D eigenvalue weighted by molar-refractivity contribution is 5.95. The summed E-state index contributed by atoms with van der Waals surface area (Å²) in [6.45, 7) is 4.89. The van der Waals surface area contributed by atoms with Crippen LogP contribution in [0.15, 0.2) is 18.2 Å². The first kappa shape index (κ1) is 13.0. The maximum absolute atomic E-state index is 14.1. The van der Waals surface area contributed by atoms with Gasteiger partial charge in [-0.3, -0.25) is 10.3 Å². The third-order valence-corrected chi connectivity index (χ3v) is 3.71. The number of nitrogen functional groups attached to an aromatic ring is 1. The van der Waals surface area contributed by atoms with Crippen LogP contribution in [-0.2, 0) is 6.54 Å². The second-order valence-corrected chi connectivity index (χ2v) is 4.99. The van der Waals surface area contributed by atoms with Crippen molar-refractivity contribution in [3.63, 3.8) is 0 Å². The Morgan fingerprint density at radius 1 is 1.56 bits per heavy atom. The molecule has 2 rings (SSSR count). The molecule has 1 aliphatic heterocycles. The summed E-state index contributed by atoms with van der Waals surface area (Å²) in [5.41, 5.74) is 6.21. The number of hydrogen-bond acceptors (Lipinski definition) is 2. The van der Waals surface area contributed by atoms with E-state index in [0.717, 1.165) is 19.0 Å². The summed E-state index contributed by atoms with van der Waals surface area (Å²) in [6, 6.07) is 5.10. The zero-order valence-electron chi connectivity index (χ0n) is 10.7. The third kappa shape index (κ3) is 2.70. The molecule has 1 aliphatic rings. The zero-order valence-corrected chi connectivity index (χ0v) is 10.7. The van der Waals surface area contributed by atoms with Gasteiger partial charge in [0.25, 0.3) is 0 Å². The molecule has 1 atom stereocenters. The van der Waals surface area contributed by atoms with Gasteiger partial charge in [-0.25, -0.2) is 4.39 Å². The van der Waals surface area contributed by atoms with E-state index in [1.54, 1.807) is 18.2 Å². The fourth-order valence-electron chi connectivity index (χ4n) is 2.54. The molecular weight excluding hydrogens is 229 g/mol. The molecule has 3 nitrogen and oxygen atoms in total. The van der Waals surface area contributed by atoms with Crippen LogP contribution in [0.25, 0.3) is 0 Å². The summed E-state index contributed by atoms with van der Waals surface area (Å²) in [4.78, 5) is 2.27. The van der Waals surface area contributed by atoms with Crippen molar-refractivity contribution in [3.8, 4) is 0 Å². The molecule has 98 valence electrons. The molecular formula is C14H20FN3. The fourth-order valence-corrected chi connectivity index (χ4v) is 2.54. The molecule has 1 fully saturated rings. The van der Waals surface area contributed by atoms with E-state index in [-0.39, 0.29) is 17.2 Å². The van der Waals surface area contributed by atoms with E-state index in [4.69, 9.17) is 11.1 Å². The van der Waals surface area contributed by atoms with Gasteiger partial charge in [0.1, 0.15) is 11.7 Å².